The van der Waals surface area contributed by atoms with Crippen molar-refractivity contribution in [3.05, 3.63) is 87.5 Å². The van der Waals surface area contributed by atoms with Crippen molar-refractivity contribution in [2.45, 2.75) is 0 Å². The van der Waals surface area contributed by atoms with Gasteiger partial charge >= 0.3 is 0 Å². The molecule has 136 valence electrons. The third-order valence-corrected chi connectivity index (χ3v) is 6.60. The van der Waals surface area contributed by atoms with E-state index in [-0.39, 0.29) is 5.56 Å². The summed E-state index contributed by atoms with van der Waals surface area (Å²) in [6.07, 6.45) is 0. The van der Waals surface area contributed by atoms with Crippen molar-refractivity contribution in [1.29, 1.82) is 0 Å². The third-order valence-electron chi connectivity index (χ3n) is 4.28. The molecule has 5 rings (SSSR count). The molecule has 0 saturated heterocycles. The highest BCUT2D eigenvalue weighted by Crippen LogP contribution is 2.32. The van der Waals surface area contributed by atoms with E-state index in [1.807, 2.05) is 60.0 Å². The van der Waals surface area contributed by atoms with Crippen molar-refractivity contribution >= 4 is 44.6 Å². The number of halogens is 1. The lowest BCUT2D eigenvalue weighted by atomic mass is 10.2. The molecule has 4 nitrogen and oxygen atoms in total. The van der Waals surface area contributed by atoms with Crippen LogP contribution in [-0.2, 0) is 0 Å². The van der Waals surface area contributed by atoms with Gasteiger partial charge in [0.25, 0.3) is 5.56 Å². The molecule has 0 aliphatic heterocycles. The van der Waals surface area contributed by atoms with Gasteiger partial charge in [0.05, 0.1) is 10.6 Å². The van der Waals surface area contributed by atoms with Crippen LogP contribution >= 0.6 is 34.3 Å². The second-order valence-corrected chi connectivity index (χ2v) is 8.45. The third kappa shape index (κ3) is 2.96. The monoisotopic (exact) mass is 421 g/mol. The summed E-state index contributed by atoms with van der Waals surface area (Å²) in [5.74, 6) is 0.559. The van der Waals surface area contributed by atoms with Crippen LogP contribution in [0.5, 0.6) is 0 Å². The highest BCUT2D eigenvalue weighted by Gasteiger charge is 2.18. The van der Waals surface area contributed by atoms with E-state index in [2.05, 4.69) is 4.98 Å². The number of fused-ring (bicyclic) bond motifs is 1. The number of aromatic nitrogens is 3. The Morgan fingerprint density at radius 3 is 2.39 bits per heavy atom. The van der Waals surface area contributed by atoms with Crippen LogP contribution in [-0.4, -0.2) is 14.5 Å². The van der Waals surface area contributed by atoms with Crippen LogP contribution in [0.1, 0.15) is 0 Å². The summed E-state index contributed by atoms with van der Waals surface area (Å²) < 4.78 is 2.17. The topological polar surface area (TPSA) is 47.8 Å². The van der Waals surface area contributed by atoms with Crippen LogP contribution in [0.4, 0.5) is 0 Å². The van der Waals surface area contributed by atoms with E-state index in [0.29, 0.717) is 26.9 Å². The summed E-state index contributed by atoms with van der Waals surface area (Å²) in [6.45, 7) is 0. The van der Waals surface area contributed by atoms with E-state index in [4.69, 9.17) is 16.6 Å². The molecule has 0 unspecified atom stereocenters. The first-order valence-electron chi connectivity index (χ1n) is 8.49. The zero-order valence-corrected chi connectivity index (χ0v) is 16.8. The van der Waals surface area contributed by atoms with Crippen LogP contribution in [0.25, 0.3) is 37.3 Å². The van der Waals surface area contributed by atoms with Crippen molar-refractivity contribution in [2.75, 3.05) is 0 Å². The minimum atomic E-state index is -0.133. The Morgan fingerprint density at radius 1 is 0.893 bits per heavy atom. The fraction of sp³-hybridized carbons (Fsp3) is 0. The molecule has 0 fully saturated rings. The van der Waals surface area contributed by atoms with Crippen molar-refractivity contribution < 1.29 is 0 Å². The maximum atomic E-state index is 13.5. The highest BCUT2D eigenvalue weighted by molar-refractivity contribution is 7.25. The van der Waals surface area contributed by atoms with Crippen LogP contribution in [0.15, 0.2) is 76.9 Å². The van der Waals surface area contributed by atoms with E-state index in [0.717, 1.165) is 15.4 Å². The fourth-order valence-electron chi connectivity index (χ4n) is 2.99. The molecule has 0 bridgehead atoms. The molecular weight excluding hydrogens is 410 g/mol. The molecule has 0 atom stereocenters. The molecule has 0 aliphatic carbocycles. The van der Waals surface area contributed by atoms with E-state index in [1.165, 1.54) is 11.3 Å². The smallest absolute Gasteiger partial charge is 0.267 e. The maximum absolute atomic E-state index is 13.5. The normalized spacial score (nSPS) is 11.2. The zero-order chi connectivity index (χ0) is 19.1. The lowest BCUT2D eigenvalue weighted by Crippen LogP contribution is -2.21. The molecule has 7 heteroatoms. The number of benzene rings is 2. The molecule has 0 N–H and O–H groups in total. The molecule has 3 aromatic heterocycles. The number of rotatable bonds is 3. The summed E-state index contributed by atoms with van der Waals surface area (Å²) >= 11 is 9.01. The summed E-state index contributed by atoms with van der Waals surface area (Å²) in [6, 6.07) is 20.8. The van der Waals surface area contributed by atoms with Gasteiger partial charge in [-0.05, 0) is 35.7 Å². The fourth-order valence-corrected chi connectivity index (χ4v) is 4.85. The number of hydrogen-bond donors (Lipinski definition) is 0. The van der Waals surface area contributed by atoms with Gasteiger partial charge in [-0.2, -0.15) is 0 Å². The Bertz CT molecular complexity index is 1320. The molecule has 0 aliphatic rings. The van der Waals surface area contributed by atoms with E-state index in [1.54, 1.807) is 28.0 Å². The van der Waals surface area contributed by atoms with Gasteiger partial charge < -0.3 is 0 Å². The predicted octanol–water partition coefficient (Wildman–Crippen LogP) is 5.89. The Kier molecular flexibility index (Phi) is 4.31. The van der Waals surface area contributed by atoms with E-state index >= 15 is 0 Å². The number of nitrogens with zero attached hydrogens (tertiary/aromatic N) is 3. The zero-order valence-electron chi connectivity index (χ0n) is 14.4. The minimum absolute atomic E-state index is 0.133. The summed E-state index contributed by atoms with van der Waals surface area (Å²) in [5.41, 5.74) is 1.91. The van der Waals surface area contributed by atoms with Crippen molar-refractivity contribution in [3.8, 4) is 27.0 Å². The molecule has 0 saturated carbocycles. The van der Waals surface area contributed by atoms with Crippen LogP contribution < -0.4 is 5.56 Å². The average molecular weight is 422 g/mol. The SMILES string of the molecule is O=c1c2sc(-c3cccs3)nc2nc(-c2ccccc2)n1-c1ccc(Cl)cc1. The average Bonchev–Trinajstić information content (AvgIpc) is 3.39. The van der Waals surface area contributed by atoms with Gasteiger partial charge in [-0.1, -0.05) is 48.0 Å². The number of thiophene rings is 1. The van der Waals surface area contributed by atoms with Crippen LogP contribution in [0, 0.1) is 0 Å². The van der Waals surface area contributed by atoms with Gasteiger partial charge in [-0.3, -0.25) is 9.36 Å². The molecule has 0 amide bonds. The molecule has 28 heavy (non-hydrogen) atoms. The Morgan fingerprint density at radius 2 is 1.68 bits per heavy atom. The number of thiazole rings is 1. The van der Waals surface area contributed by atoms with Gasteiger partial charge in [0.1, 0.15) is 15.5 Å². The standard InChI is InChI=1S/C21H12ClN3OS2/c22-14-8-10-15(11-9-14)25-19(13-5-2-1-3-6-13)23-18-17(21(25)26)28-20(24-18)16-7-4-12-27-16/h1-12H. The van der Waals surface area contributed by atoms with Gasteiger partial charge in [0, 0.05) is 10.6 Å². The first kappa shape index (κ1) is 17.3. The second-order valence-electron chi connectivity index (χ2n) is 6.07. The first-order chi connectivity index (χ1) is 13.7. The Hall–Kier alpha value is -2.80. The highest BCUT2D eigenvalue weighted by atomic mass is 35.5. The molecule has 2 aromatic carbocycles. The van der Waals surface area contributed by atoms with Gasteiger partial charge in [-0.15, -0.1) is 22.7 Å². The summed E-state index contributed by atoms with van der Waals surface area (Å²) in [4.78, 5) is 23.9. The molecular formula is C21H12ClN3OS2. The lowest BCUT2D eigenvalue weighted by molar-refractivity contribution is 0.975. The van der Waals surface area contributed by atoms with Crippen LogP contribution in [0.3, 0.4) is 0 Å². The van der Waals surface area contributed by atoms with Gasteiger partial charge in [-0.25, -0.2) is 9.97 Å². The largest absolute Gasteiger partial charge is 0.278 e. The predicted molar refractivity (Wildman–Crippen MR) is 117 cm³/mol. The Balaban J connectivity index is 1.83. The summed E-state index contributed by atoms with van der Waals surface area (Å²) in [7, 11) is 0. The first-order valence-corrected chi connectivity index (χ1v) is 10.6. The maximum Gasteiger partial charge on any atom is 0.278 e. The summed E-state index contributed by atoms with van der Waals surface area (Å²) in [5, 5.41) is 3.42. The van der Waals surface area contributed by atoms with E-state index in [9.17, 15) is 4.79 Å². The quantitative estimate of drug-likeness (QED) is 0.365. The molecule has 3 heterocycles. The lowest BCUT2D eigenvalue weighted by Gasteiger charge is -2.12. The van der Waals surface area contributed by atoms with Gasteiger partial charge in [0.15, 0.2) is 5.65 Å². The molecule has 0 spiro atoms. The molecule has 0 radical (unpaired) electrons. The number of hydrogen-bond acceptors (Lipinski definition) is 5. The second kappa shape index (κ2) is 6.98. The minimum Gasteiger partial charge on any atom is -0.267 e. The van der Waals surface area contributed by atoms with Crippen molar-refractivity contribution in [1.82, 2.24) is 14.5 Å². The van der Waals surface area contributed by atoms with Crippen molar-refractivity contribution in [3.63, 3.8) is 0 Å². The van der Waals surface area contributed by atoms with Gasteiger partial charge in [0.2, 0.25) is 0 Å². The Labute approximate surface area is 173 Å². The van der Waals surface area contributed by atoms with Crippen molar-refractivity contribution in [2.24, 2.45) is 0 Å². The molecule has 5 aromatic rings. The van der Waals surface area contributed by atoms with E-state index < -0.39 is 0 Å². The van der Waals surface area contributed by atoms with Crippen LogP contribution in [0.2, 0.25) is 5.02 Å².